The number of hydrogen-bond acceptors (Lipinski definition) is 4. The maximum absolute atomic E-state index is 12.8. The molecule has 1 fully saturated rings. The smallest absolute Gasteiger partial charge is 0.317 e. The molecule has 21 heavy (non-hydrogen) atoms. The van der Waals surface area contributed by atoms with Gasteiger partial charge in [0.15, 0.2) is 0 Å². The minimum absolute atomic E-state index is 0.0645. The molecule has 0 saturated heterocycles. The lowest BCUT2D eigenvalue weighted by molar-refractivity contribution is -0.183. The van der Waals surface area contributed by atoms with Gasteiger partial charge in [0.25, 0.3) is 0 Å². The lowest BCUT2D eigenvalue weighted by atomic mass is 9.81. The first-order chi connectivity index (χ1) is 10.0. The molecule has 1 saturated carbocycles. The molecule has 1 aromatic heterocycles. The van der Waals surface area contributed by atoms with Gasteiger partial charge < -0.3 is 5.32 Å². The van der Waals surface area contributed by atoms with Gasteiger partial charge in [-0.15, -0.1) is 21.5 Å². The molecule has 2 rings (SSSR count). The number of rotatable bonds is 6. The zero-order chi connectivity index (χ0) is 15.3. The summed E-state index contributed by atoms with van der Waals surface area (Å²) in [5.74, 6) is -1.23. The van der Waals surface area contributed by atoms with E-state index in [4.69, 9.17) is 0 Å². The minimum Gasteiger partial charge on any atom is -0.317 e. The SMILES string of the molecule is CCNCCCc1nnc(C2CCCC(C(F)(F)F)C2)s1. The Morgan fingerprint density at radius 3 is 2.81 bits per heavy atom. The van der Waals surface area contributed by atoms with Crippen LogP contribution in [0.3, 0.4) is 0 Å². The van der Waals surface area contributed by atoms with Crippen molar-refractivity contribution in [3.8, 4) is 0 Å². The van der Waals surface area contributed by atoms with Gasteiger partial charge in [0.2, 0.25) is 0 Å². The highest BCUT2D eigenvalue weighted by atomic mass is 32.1. The van der Waals surface area contributed by atoms with Gasteiger partial charge >= 0.3 is 6.18 Å². The molecule has 0 aliphatic heterocycles. The Kier molecular flexibility index (Phi) is 5.98. The highest BCUT2D eigenvalue weighted by Gasteiger charge is 2.43. The molecule has 0 bridgehead atoms. The van der Waals surface area contributed by atoms with Gasteiger partial charge in [0.1, 0.15) is 10.0 Å². The molecule has 0 amide bonds. The third kappa shape index (κ3) is 4.92. The average Bonchev–Trinajstić information content (AvgIpc) is 2.92. The van der Waals surface area contributed by atoms with Crippen LogP contribution in [-0.4, -0.2) is 29.5 Å². The second-order valence-corrected chi connectivity index (χ2v) is 6.69. The van der Waals surface area contributed by atoms with Crippen LogP contribution in [0.1, 0.15) is 55.0 Å². The maximum atomic E-state index is 12.8. The average molecular weight is 321 g/mol. The molecule has 2 atom stereocenters. The van der Waals surface area contributed by atoms with E-state index in [9.17, 15) is 13.2 Å². The van der Waals surface area contributed by atoms with E-state index in [0.717, 1.165) is 42.4 Å². The molecule has 3 nitrogen and oxygen atoms in total. The Morgan fingerprint density at radius 1 is 1.29 bits per heavy atom. The van der Waals surface area contributed by atoms with Crippen molar-refractivity contribution in [3.63, 3.8) is 0 Å². The summed E-state index contributed by atoms with van der Waals surface area (Å²) < 4.78 is 38.5. The number of nitrogens with zero attached hydrogens (tertiary/aromatic N) is 2. The van der Waals surface area contributed by atoms with E-state index < -0.39 is 12.1 Å². The van der Waals surface area contributed by atoms with Crippen molar-refractivity contribution in [2.24, 2.45) is 5.92 Å². The standard InChI is InChI=1S/C14H22F3N3S/c1-2-18-8-4-7-12-19-20-13(21-12)10-5-3-6-11(9-10)14(15,16)17/h10-11,18H,2-9H2,1H3. The Labute approximate surface area is 127 Å². The fourth-order valence-corrected chi connectivity index (χ4v) is 3.82. The van der Waals surface area contributed by atoms with Crippen LogP contribution in [0.5, 0.6) is 0 Å². The van der Waals surface area contributed by atoms with Crippen LogP contribution in [0.4, 0.5) is 13.2 Å². The first-order valence-electron chi connectivity index (χ1n) is 7.60. The molecule has 120 valence electrons. The van der Waals surface area contributed by atoms with Crippen molar-refractivity contribution in [2.45, 2.75) is 57.5 Å². The van der Waals surface area contributed by atoms with Crippen LogP contribution in [0.25, 0.3) is 0 Å². The zero-order valence-electron chi connectivity index (χ0n) is 12.2. The summed E-state index contributed by atoms with van der Waals surface area (Å²) in [5, 5.41) is 13.2. The van der Waals surface area contributed by atoms with E-state index in [0.29, 0.717) is 6.42 Å². The maximum Gasteiger partial charge on any atom is 0.391 e. The molecule has 1 aliphatic carbocycles. The van der Waals surface area contributed by atoms with Crippen LogP contribution in [0, 0.1) is 5.92 Å². The molecule has 1 heterocycles. The lowest BCUT2D eigenvalue weighted by Gasteiger charge is -2.29. The van der Waals surface area contributed by atoms with Crippen molar-refractivity contribution in [1.29, 1.82) is 0 Å². The number of alkyl halides is 3. The predicted molar refractivity (Wildman–Crippen MR) is 77.5 cm³/mol. The van der Waals surface area contributed by atoms with Crippen molar-refractivity contribution in [1.82, 2.24) is 15.5 Å². The van der Waals surface area contributed by atoms with Crippen LogP contribution in [0.15, 0.2) is 0 Å². The van der Waals surface area contributed by atoms with Gasteiger partial charge in [0.05, 0.1) is 5.92 Å². The highest BCUT2D eigenvalue weighted by molar-refractivity contribution is 7.11. The van der Waals surface area contributed by atoms with Gasteiger partial charge in [-0.1, -0.05) is 13.3 Å². The van der Waals surface area contributed by atoms with Gasteiger partial charge in [-0.25, -0.2) is 0 Å². The fraction of sp³-hybridized carbons (Fsp3) is 0.857. The van der Waals surface area contributed by atoms with Gasteiger partial charge in [-0.2, -0.15) is 13.2 Å². The quantitative estimate of drug-likeness (QED) is 0.807. The Morgan fingerprint density at radius 2 is 2.10 bits per heavy atom. The molecule has 1 aromatic rings. The molecule has 1 N–H and O–H groups in total. The first-order valence-corrected chi connectivity index (χ1v) is 8.42. The Balaban J connectivity index is 1.88. The molecular weight excluding hydrogens is 299 g/mol. The summed E-state index contributed by atoms with van der Waals surface area (Å²) in [6, 6.07) is 0. The monoisotopic (exact) mass is 321 g/mol. The van der Waals surface area contributed by atoms with Crippen LogP contribution in [0.2, 0.25) is 0 Å². The van der Waals surface area contributed by atoms with E-state index in [-0.39, 0.29) is 18.8 Å². The summed E-state index contributed by atoms with van der Waals surface area (Å²) in [5.41, 5.74) is 0. The summed E-state index contributed by atoms with van der Waals surface area (Å²) in [7, 11) is 0. The topological polar surface area (TPSA) is 37.8 Å². The predicted octanol–water partition coefficient (Wildman–Crippen LogP) is 3.92. The molecule has 0 spiro atoms. The molecule has 1 aliphatic rings. The number of nitrogens with one attached hydrogen (secondary N) is 1. The Bertz CT molecular complexity index is 433. The minimum atomic E-state index is -4.07. The fourth-order valence-electron chi connectivity index (χ4n) is 2.79. The lowest BCUT2D eigenvalue weighted by Crippen LogP contribution is -2.28. The van der Waals surface area contributed by atoms with Gasteiger partial charge in [-0.3, -0.25) is 0 Å². The molecule has 7 heteroatoms. The van der Waals surface area contributed by atoms with Crippen LogP contribution < -0.4 is 5.32 Å². The molecule has 0 aromatic carbocycles. The number of aryl methyl sites for hydroxylation is 1. The third-order valence-electron chi connectivity index (χ3n) is 3.96. The van der Waals surface area contributed by atoms with E-state index >= 15 is 0 Å². The normalized spacial score (nSPS) is 23.4. The Hall–Kier alpha value is -0.690. The van der Waals surface area contributed by atoms with E-state index in [1.807, 2.05) is 0 Å². The number of halogens is 3. The van der Waals surface area contributed by atoms with Crippen LogP contribution in [-0.2, 0) is 6.42 Å². The van der Waals surface area contributed by atoms with Gasteiger partial charge in [-0.05, 0) is 38.8 Å². The second-order valence-electron chi connectivity index (χ2n) is 5.59. The second kappa shape index (κ2) is 7.54. The van der Waals surface area contributed by atoms with E-state index in [2.05, 4.69) is 22.4 Å². The highest BCUT2D eigenvalue weighted by Crippen LogP contribution is 2.44. The number of hydrogen-bond donors (Lipinski definition) is 1. The summed E-state index contributed by atoms with van der Waals surface area (Å²) in [6.07, 6.45) is -0.372. The van der Waals surface area contributed by atoms with E-state index in [1.165, 1.54) is 11.3 Å². The molecule has 2 unspecified atom stereocenters. The number of aromatic nitrogens is 2. The van der Waals surface area contributed by atoms with Crippen molar-refractivity contribution < 1.29 is 13.2 Å². The molecular formula is C14H22F3N3S. The third-order valence-corrected chi connectivity index (χ3v) is 5.11. The van der Waals surface area contributed by atoms with Crippen molar-refractivity contribution >= 4 is 11.3 Å². The summed E-state index contributed by atoms with van der Waals surface area (Å²) in [4.78, 5) is 0. The summed E-state index contributed by atoms with van der Waals surface area (Å²) in [6.45, 7) is 3.94. The van der Waals surface area contributed by atoms with Crippen molar-refractivity contribution in [2.75, 3.05) is 13.1 Å². The largest absolute Gasteiger partial charge is 0.391 e. The van der Waals surface area contributed by atoms with Crippen molar-refractivity contribution in [3.05, 3.63) is 10.0 Å². The molecule has 0 radical (unpaired) electrons. The van der Waals surface area contributed by atoms with Crippen LogP contribution >= 0.6 is 11.3 Å². The zero-order valence-corrected chi connectivity index (χ0v) is 13.1. The first kappa shape index (κ1) is 16.7. The van der Waals surface area contributed by atoms with Gasteiger partial charge in [0, 0.05) is 12.3 Å². The van der Waals surface area contributed by atoms with E-state index in [1.54, 1.807) is 0 Å². The summed E-state index contributed by atoms with van der Waals surface area (Å²) >= 11 is 1.49.